The van der Waals surface area contributed by atoms with Gasteiger partial charge in [0.1, 0.15) is 18.2 Å². The van der Waals surface area contributed by atoms with E-state index >= 15 is 0 Å². The van der Waals surface area contributed by atoms with E-state index in [9.17, 15) is 9.59 Å². The summed E-state index contributed by atoms with van der Waals surface area (Å²) in [4.78, 5) is 28.0. The lowest BCUT2D eigenvalue weighted by Gasteiger charge is -2.25. The summed E-state index contributed by atoms with van der Waals surface area (Å²) >= 11 is 1.24. The van der Waals surface area contributed by atoms with E-state index in [0.29, 0.717) is 24.3 Å². The summed E-state index contributed by atoms with van der Waals surface area (Å²) < 4.78 is 9.92. The molecule has 0 saturated carbocycles. The molecular formula is C30H34ClN3O4S. The Kier molecular flexibility index (Phi) is 10.4. The topological polar surface area (TPSA) is 106 Å². The number of aryl methyl sites for hydroxylation is 1. The summed E-state index contributed by atoms with van der Waals surface area (Å²) in [5.74, 6) is 0.0107. The van der Waals surface area contributed by atoms with Crippen LogP contribution in [0.4, 0.5) is 0 Å². The number of nitrogen functional groups attached to an aromatic ring is 1. The highest BCUT2D eigenvalue weighted by Crippen LogP contribution is 2.40. The lowest BCUT2D eigenvalue weighted by Crippen LogP contribution is -2.45. The summed E-state index contributed by atoms with van der Waals surface area (Å²) in [5, 5.41) is 7.54. The number of methoxy groups -OCH3 is 1. The number of halogens is 1. The van der Waals surface area contributed by atoms with Crippen molar-refractivity contribution in [3.8, 4) is 16.9 Å². The Morgan fingerprint density at radius 3 is 2.23 bits per heavy atom. The van der Waals surface area contributed by atoms with Crippen molar-refractivity contribution in [1.82, 2.24) is 4.90 Å². The molecule has 206 valence electrons. The molecule has 0 unspecified atom stereocenters. The number of hydrogen-bond acceptors (Lipinski definition) is 6. The van der Waals surface area contributed by atoms with Crippen LogP contribution < -0.4 is 10.5 Å². The molecule has 3 aromatic carbocycles. The number of carbonyl (C=O) groups excluding carboxylic acids is 2. The van der Waals surface area contributed by atoms with Crippen molar-refractivity contribution >= 4 is 41.9 Å². The second-order valence-electron chi connectivity index (χ2n) is 9.29. The van der Waals surface area contributed by atoms with E-state index in [1.54, 1.807) is 11.2 Å². The van der Waals surface area contributed by atoms with Crippen LogP contribution in [0, 0.1) is 5.41 Å². The van der Waals surface area contributed by atoms with Gasteiger partial charge in [0.15, 0.2) is 4.75 Å². The quantitative estimate of drug-likeness (QED) is 0.147. The summed E-state index contributed by atoms with van der Waals surface area (Å²) in [7, 11) is 1.33. The van der Waals surface area contributed by atoms with E-state index < -0.39 is 10.7 Å². The minimum atomic E-state index is -1.24. The molecule has 0 radical (unpaired) electrons. The number of benzene rings is 3. The van der Waals surface area contributed by atoms with E-state index in [2.05, 4.69) is 12.1 Å². The Labute approximate surface area is 240 Å². The molecule has 9 heteroatoms. The second-order valence-corrected chi connectivity index (χ2v) is 10.4. The Morgan fingerprint density at radius 2 is 1.67 bits per heavy atom. The van der Waals surface area contributed by atoms with Gasteiger partial charge in [0.25, 0.3) is 5.91 Å². The zero-order chi connectivity index (χ0) is 27.1. The number of ether oxygens (including phenoxy) is 2. The Hall–Kier alpha value is -3.49. The number of thioether (sulfide) groups is 1. The molecule has 2 atom stereocenters. The number of amides is 1. The SMILES string of the molecule is COC(=O)[C@@]1(SC)C[C@@H](COc2ccc(-c3ccc(C(=N)N)cc3)cc2)N(CCCc2ccccc2)C1=O.Cl. The first-order valence-corrected chi connectivity index (χ1v) is 13.8. The van der Waals surface area contributed by atoms with Crippen LogP contribution in [0.25, 0.3) is 11.1 Å². The predicted molar refractivity (Wildman–Crippen MR) is 159 cm³/mol. The van der Waals surface area contributed by atoms with Gasteiger partial charge < -0.3 is 20.1 Å². The predicted octanol–water partition coefficient (Wildman–Crippen LogP) is 4.95. The Morgan fingerprint density at radius 1 is 1.05 bits per heavy atom. The van der Waals surface area contributed by atoms with Crippen LogP contribution in [0.1, 0.15) is 24.0 Å². The molecule has 39 heavy (non-hydrogen) atoms. The van der Waals surface area contributed by atoms with E-state index in [0.717, 1.165) is 24.0 Å². The maximum atomic E-state index is 13.5. The standard InChI is InChI=1S/C30H33N3O4S.ClH/c1-36-29(35)30(38-2)19-25(33(28(30)34)18-6-9-21-7-4-3-5-8-21)20-37-26-16-14-23(15-17-26)22-10-12-24(13-11-22)27(31)32;/h3-5,7-8,10-17,25H,6,9,18-20H2,1-2H3,(H3,31,32);1H/t25-,30+;/m0./s1. The maximum Gasteiger partial charge on any atom is 0.331 e. The third-order valence-corrected chi connectivity index (χ3v) is 8.17. The van der Waals surface area contributed by atoms with Crippen molar-refractivity contribution < 1.29 is 19.1 Å². The molecule has 7 nitrogen and oxygen atoms in total. The van der Waals surface area contributed by atoms with Crippen molar-refractivity contribution in [2.45, 2.75) is 30.1 Å². The fourth-order valence-electron chi connectivity index (χ4n) is 4.83. The van der Waals surface area contributed by atoms with Gasteiger partial charge in [-0.3, -0.25) is 10.2 Å². The van der Waals surface area contributed by atoms with Crippen LogP contribution in [0.3, 0.4) is 0 Å². The molecule has 0 aromatic heterocycles. The molecule has 0 spiro atoms. The zero-order valence-corrected chi connectivity index (χ0v) is 23.7. The normalized spacial score (nSPS) is 18.4. The van der Waals surface area contributed by atoms with Crippen molar-refractivity contribution in [2.24, 2.45) is 5.73 Å². The molecule has 0 bridgehead atoms. The van der Waals surface area contributed by atoms with Gasteiger partial charge in [0.05, 0.1) is 13.2 Å². The van der Waals surface area contributed by atoms with Crippen LogP contribution in [0.5, 0.6) is 5.75 Å². The highest BCUT2D eigenvalue weighted by Gasteiger charge is 2.57. The molecule has 1 fully saturated rings. The molecule has 1 amide bonds. The van der Waals surface area contributed by atoms with Gasteiger partial charge in [-0.1, -0.05) is 66.7 Å². The van der Waals surface area contributed by atoms with Crippen molar-refractivity contribution in [1.29, 1.82) is 5.41 Å². The van der Waals surface area contributed by atoms with E-state index in [1.165, 1.54) is 24.4 Å². The third kappa shape index (κ3) is 6.75. The lowest BCUT2D eigenvalue weighted by atomic mass is 10.0. The van der Waals surface area contributed by atoms with Gasteiger partial charge in [0, 0.05) is 18.5 Å². The molecule has 1 heterocycles. The molecule has 4 rings (SSSR count). The number of nitrogens with zero attached hydrogens (tertiary/aromatic N) is 1. The molecule has 1 saturated heterocycles. The summed E-state index contributed by atoms with van der Waals surface area (Å²) in [6.45, 7) is 0.819. The van der Waals surface area contributed by atoms with Crippen molar-refractivity contribution in [3.63, 3.8) is 0 Å². The minimum absolute atomic E-state index is 0. The Balaban J connectivity index is 0.00000420. The number of likely N-dealkylation sites (tertiary alicyclic amines) is 1. The number of hydrogen-bond donors (Lipinski definition) is 2. The number of amidine groups is 1. The zero-order valence-electron chi connectivity index (χ0n) is 22.1. The summed E-state index contributed by atoms with van der Waals surface area (Å²) in [6.07, 6.45) is 3.75. The highest BCUT2D eigenvalue weighted by atomic mass is 35.5. The largest absolute Gasteiger partial charge is 0.491 e. The highest BCUT2D eigenvalue weighted by molar-refractivity contribution is 8.01. The fraction of sp³-hybridized carbons (Fsp3) is 0.300. The van der Waals surface area contributed by atoms with Crippen molar-refractivity contribution in [3.05, 3.63) is 90.0 Å². The maximum absolute atomic E-state index is 13.5. The van der Waals surface area contributed by atoms with Gasteiger partial charge >= 0.3 is 5.97 Å². The lowest BCUT2D eigenvalue weighted by molar-refractivity contribution is -0.148. The molecule has 1 aliphatic heterocycles. The number of esters is 1. The van der Waals surface area contributed by atoms with Crippen LogP contribution in [-0.2, 0) is 20.7 Å². The molecule has 3 aromatic rings. The monoisotopic (exact) mass is 567 g/mol. The minimum Gasteiger partial charge on any atom is -0.491 e. The smallest absolute Gasteiger partial charge is 0.331 e. The first kappa shape index (κ1) is 30.1. The summed E-state index contributed by atoms with van der Waals surface area (Å²) in [5.41, 5.74) is 9.46. The van der Waals surface area contributed by atoms with E-state index in [-0.39, 0.29) is 36.8 Å². The first-order chi connectivity index (χ1) is 18.4. The summed E-state index contributed by atoms with van der Waals surface area (Å²) in [6, 6.07) is 25.2. The average Bonchev–Trinajstić information content (AvgIpc) is 3.23. The van der Waals surface area contributed by atoms with Crippen LogP contribution >= 0.6 is 24.2 Å². The van der Waals surface area contributed by atoms with Gasteiger partial charge in [0.2, 0.25) is 0 Å². The van der Waals surface area contributed by atoms with Crippen LogP contribution in [-0.4, -0.2) is 59.9 Å². The van der Waals surface area contributed by atoms with Crippen LogP contribution in [0.2, 0.25) is 0 Å². The molecule has 1 aliphatic rings. The number of carbonyl (C=O) groups is 2. The average molecular weight is 568 g/mol. The molecular weight excluding hydrogens is 534 g/mol. The Bertz CT molecular complexity index is 1270. The molecule has 3 N–H and O–H groups in total. The first-order valence-electron chi connectivity index (χ1n) is 12.5. The van der Waals surface area contributed by atoms with Gasteiger partial charge in [-0.15, -0.1) is 24.2 Å². The molecule has 0 aliphatic carbocycles. The van der Waals surface area contributed by atoms with E-state index in [1.807, 2.05) is 66.7 Å². The van der Waals surface area contributed by atoms with Gasteiger partial charge in [-0.05, 0) is 47.9 Å². The fourth-order valence-corrected chi connectivity index (χ4v) is 5.73. The van der Waals surface area contributed by atoms with E-state index in [4.69, 9.17) is 20.6 Å². The second kappa shape index (κ2) is 13.5. The third-order valence-electron chi connectivity index (χ3n) is 6.97. The van der Waals surface area contributed by atoms with Crippen LogP contribution in [0.15, 0.2) is 78.9 Å². The number of rotatable bonds is 11. The van der Waals surface area contributed by atoms with Gasteiger partial charge in [-0.25, -0.2) is 4.79 Å². The number of nitrogens with one attached hydrogen (secondary N) is 1. The van der Waals surface area contributed by atoms with Crippen molar-refractivity contribution in [2.75, 3.05) is 26.5 Å². The number of nitrogens with two attached hydrogens (primary N) is 1. The van der Waals surface area contributed by atoms with Gasteiger partial charge in [-0.2, -0.15) is 0 Å².